The summed E-state index contributed by atoms with van der Waals surface area (Å²) < 4.78 is 0. The van der Waals surface area contributed by atoms with Gasteiger partial charge in [0.15, 0.2) is 0 Å². The summed E-state index contributed by atoms with van der Waals surface area (Å²) in [6, 6.07) is 7.88. The lowest BCUT2D eigenvalue weighted by Gasteiger charge is -2.31. The zero-order valence-corrected chi connectivity index (χ0v) is 17.4. The number of piperidine rings is 1. The molecule has 4 heteroatoms. The molecule has 0 radical (unpaired) electrons. The molecule has 1 aliphatic carbocycles. The Labute approximate surface area is 168 Å². The summed E-state index contributed by atoms with van der Waals surface area (Å²) in [4.78, 5) is 8.14. The SMILES string of the molecule is C=C(C1=C/C(=N/OCCN2CCCCC2)CC(C)(C)C1)c1ccccc1Cl. The predicted molar refractivity (Wildman–Crippen MR) is 115 cm³/mol. The first kappa shape index (κ1) is 20.2. The average Bonchev–Trinajstić information content (AvgIpc) is 2.65. The Hall–Kier alpha value is -1.58. The van der Waals surface area contributed by atoms with E-state index in [4.69, 9.17) is 16.4 Å². The lowest BCUT2D eigenvalue weighted by molar-refractivity contribution is 0.101. The van der Waals surface area contributed by atoms with Gasteiger partial charge < -0.3 is 4.84 Å². The Morgan fingerprint density at radius 2 is 1.93 bits per heavy atom. The molecule has 0 bridgehead atoms. The van der Waals surface area contributed by atoms with Crippen molar-refractivity contribution in [1.82, 2.24) is 4.90 Å². The molecule has 1 aromatic rings. The lowest BCUT2D eigenvalue weighted by atomic mass is 9.74. The molecule has 0 spiro atoms. The van der Waals surface area contributed by atoms with E-state index in [1.54, 1.807) is 0 Å². The van der Waals surface area contributed by atoms with Gasteiger partial charge in [0, 0.05) is 11.6 Å². The third-order valence-electron chi connectivity index (χ3n) is 5.39. The van der Waals surface area contributed by atoms with Gasteiger partial charge in [-0.05, 0) is 73.0 Å². The highest BCUT2D eigenvalue weighted by Crippen LogP contribution is 2.40. The summed E-state index contributed by atoms with van der Waals surface area (Å²) in [5.41, 5.74) is 4.29. The fourth-order valence-corrected chi connectivity index (χ4v) is 4.23. The smallest absolute Gasteiger partial charge is 0.129 e. The van der Waals surface area contributed by atoms with E-state index in [1.165, 1.54) is 37.9 Å². The number of halogens is 1. The Balaban J connectivity index is 1.66. The van der Waals surface area contributed by atoms with Crippen molar-refractivity contribution < 1.29 is 4.84 Å². The van der Waals surface area contributed by atoms with E-state index < -0.39 is 0 Å². The molecule has 2 aliphatic rings. The van der Waals surface area contributed by atoms with Gasteiger partial charge in [0.25, 0.3) is 0 Å². The maximum atomic E-state index is 6.37. The Morgan fingerprint density at radius 3 is 2.67 bits per heavy atom. The summed E-state index contributed by atoms with van der Waals surface area (Å²) in [6.07, 6.45) is 7.98. The molecule has 0 amide bonds. The van der Waals surface area contributed by atoms with Gasteiger partial charge in [-0.2, -0.15) is 0 Å². The molecule has 0 atom stereocenters. The molecule has 1 saturated heterocycles. The largest absolute Gasteiger partial charge is 0.394 e. The van der Waals surface area contributed by atoms with Crippen LogP contribution in [-0.4, -0.2) is 36.9 Å². The van der Waals surface area contributed by atoms with Gasteiger partial charge in [0.2, 0.25) is 0 Å². The molecule has 3 nitrogen and oxygen atoms in total. The fraction of sp³-hybridized carbons (Fsp3) is 0.522. The van der Waals surface area contributed by atoms with Crippen molar-refractivity contribution in [1.29, 1.82) is 0 Å². The minimum Gasteiger partial charge on any atom is -0.394 e. The van der Waals surface area contributed by atoms with Crippen molar-refractivity contribution in [3.8, 4) is 0 Å². The monoisotopic (exact) mass is 386 g/mol. The van der Waals surface area contributed by atoms with Crippen LogP contribution in [0, 0.1) is 5.41 Å². The van der Waals surface area contributed by atoms with Gasteiger partial charge >= 0.3 is 0 Å². The highest BCUT2D eigenvalue weighted by atomic mass is 35.5. The Bertz CT molecular complexity index is 730. The quantitative estimate of drug-likeness (QED) is 0.445. The fourth-order valence-electron chi connectivity index (χ4n) is 3.98. The van der Waals surface area contributed by atoms with Crippen molar-refractivity contribution in [3.05, 3.63) is 53.1 Å². The van der Waals surface area contributed by atoms with Crippen LogP contribution < -0.4 is 0 Å². The summed E-state index contributed by atoms with van der Waals surface area (Å²) >= 11 is 6.37. The predicted octanol–water partition coefficient (Wildman–Crippen LogP) is 5.96. The number of oxime groups is 1. The number of rotatable bonds is 6. The molecule has 0 N–H and O–H groups in total. The van der Waals surface area contributed by atoms with Crippen molar-refractivity contribution in [2.45, 2.75) is 46.0 Å². The number of allylic oxidation sites excluding steroid dienone is 3. The van der Waals surface area contributed by atoms with Crippen LogP contribution in [0.3, 0.4) is 0 Å². The van der Waals surface area contributed by atoms with Crippen LogP contribution >= 0.6 is 11.6 Å². The Kier molecular flexibility index (Phi) is 6.78. The molecule has 1 aromatic carbocycles. The van der Waals surface area contributed by atoms with Crippen molar-refractivity contribution in [3.63, 3.8) is 0 Å². The van der Waals surface area contributed by atoms with Gasteiger partial charge in [-0.1, -0.05) is 61.8 Å². The normalized spacial score (nSPS) is 21.7. The van der Waals surface area contributed by atoms with Crippen LogP contribution in [0.2, 0.25) is 5.02 Å². The van der Waals surface area contributed by atoms with Gasteiger partial charge in [0.05, 0.1) is 5.71 Å². The van der Waals surface area contributed by atoms with Crippen LogP contribution in [0.5, 0.6) is 0 Å². The van der Waals surface area contributed by atoms with E-state index in [-0.39, 0.29) is 5.41 Å². The number of nitrogens with zero attached hydrogens (tertiary/aromatic N) is 2. The third-order valence-corrected chi connectivity index (χ3v) is 5.71. The van der Waals surface area contributed by atoms with Gasteiger partial charge in [-0.25, -0.2) is 0 Å². The van der Waals surface area contributed by atoms with E-state index in [1.807, 2.05) is 24.3 Å². The molecule has 0 aromatic heterocycles. The molecular formula is C23H31ClN2O. The molecular weight excluding hydrogens is 356 g/mol. The summed E-state index contributed by atoms with van der Waals surface area (Å²) in [6.45, 7) is 12.8. The molecule has 1 fully saturated rings. The number of likely N-dealkylation sites (tertiary alicyclic amines) is 1. The third kappa shape index (κ3) is 5.70. The first-order valence-corrected chi connectivity index (χ1v) is 10.4. The van der Waals surface area contributed by atoms with Crippen LogP contribution in [0.15, 0.2) is 47.6 Å². The number of benzene rings is 1. The highest BCUT2D eigenvalue weighted by molar-refractivity contribution is 6.32. The zero-order valence-electron chi connectivity index (χ0n) is 16.6. The molecule has 3 rings (SSSR count). The lowest BCUT2D eigenvalue weighted by Crippen LogP contribution is -2.32. The van der Waals surface area contributed by atoms with Crippen LogP contribution in [0.1, 0.15) is 51.5 Å². The molecule has 0 saturated carbocycles. The van der Waals surface area contributed by atoms with E-state index >= 15 is 0 Å². The number of hydrogen-bond acceptors (Lipinski definition) is 3. The van der Waals surface area contributed by atoms with Gasteiger partial charge in [-0.3, -0.25) is 4.90 Å². The number of hydrogen-bond donors (Lipinski definition) is 0. The second-order valence-corrected chi connectivity index (χ2v) is 8.87. The topological polar surface area (TPSA) is 24.8 Å². The van der Waals surface area contributed by atoms with E-state index in [0.717, 1.165) is 41.3 Å². The van der Waals surface area contributed by atoms with Gasteiger partial charge in [-0.15, -0.1) is 0 Å². The van der Waals surface area contributed by atoms with Crippen molar-refractivity contribution in [2.75, 3.05) is 26.2 Å². The second-order valence-electron chi connectivity index (χ2n) is 8.46. The molecule has 1 heterocycles. The maximum Gasteiger partial charge on any atom is 0.129 e. The molecule has 0 unspecified atom stereocenters. The van der Waals surface area contributed by atoms with Crippen LogP contribution in [0.4, 0.5) is 0 Å². The minimum atomic E-state index is 0.128. The minimum absolute atomic E-state index is 0.128. The first-order chi connectivity index (χ1) is 12.9. The highest BCUT2D eigenvalue weighted by Gasteiger charge is 2.28. The van der Waals surface area contributed by atoms with E-state index in [9.17, 15) is 0 Å². The molecule has 27 heavy (non-hydrogen) atoms. The molecule has 1 aliphatic heterocycles. The maximum absolute atomic E-state index is 6.37. The van der Waals surface area contributed by atoms with E-state index in [2.05, 4.69) is 36.6 Å². The van der Waals surface area contributed by atoms with Gasteiger partial charge in [0.1, 0.15) is 6.61 Å². The zero-order chi connectivity index (χ0) is 19.3. The average molecular weight is 387 g/mol. The first-order valence-electron chi connectivity index (χ1n) is 10.0. The molecule has 146 valence electrons. The van der Waals surface area contributed by atoms with Crippen molar-refractivity contribution in [2.24, 2.45) is 10.6 Å². The summed E-state index contributed by atoms with van der Waals surface area (Å²) in [7, 11) is 0. The summed E-state index contributed by atoms with van der Waals surface area (Å²) in [5.74, 6) is 0. The van der Waals surface area contributed by atoms with Crippen LogP contribution in [0.25, 0.3) is 5.57 Å². The van der Waals surface area contributed by atoms with Crippen molar-refractivity contribution >= 4 is 22.9 Å². The van der Waals surface area contributed by atoms with E-state index in [0.29, 0.717) is 6.61 Å². The summed E-state index contributed by atoms with van der Waals surface area (Å²) in [5, 5.41) is 5.19. The van der Waals surface area contributed by atoms with Crippen LogP contribution in [-0.2, 0) is 4.84 Å². The Morgan fingerprint density at radius 1 is 1.19 bits per heavy atom. The standard InChI is InChI=1S/C23H31ClN2O/c1-18(21-9-5-6-10-22(21)24)19-15-20(17-23(2,3)16-19)25-27-14-13-26-11-7-4-8-12-26/h5-6,9-10,15H,1,4,7-8,11-14,16-17H2,2-3H3/b25-20-. The second kappa shape index (κ2) is 9.07.